The van der Waals surface area contributed by atoms with Crippen molar-refractivity contribution in [2.45, 2.75) is 31.9 Å². The van der Waals surface area contributed by atoms with Gasteiger partial charge in [-0.1, -0.05) is 35.9 Å². The van der Waals surface area contributed by atoms with Crippen LogP contribution < -0.4 is 9.64 Å². The number of benzene rings is 3. The van der Waals surface area contributed by atoms with E-state index in [2.05, 4.69) is 0 Å². The van der Waals surface area contributed by atoms with E-state index in [1.54, 1.807) is 30.3 Å². The molecule has 0 spiro atoms. The molecule has 6 nitrogen and oxygen atoms in total. The van der Waals surface area contributed by atoms with Crippen LogP contribution >= 0.6 is 11.6 Å². The zero-order valence-corrected chi connectivity index (χ0v) is 20.0. The van der Waals surface area contributed by atoms with Gasteiger partial charge in [0.2, 0.25) is 5.91 Å². The predicted octanol–water partition coefficient (Wildman–Crippen LogP) is 5.10. The van der Waals surface area contributed by atoms with Gasteiger partial charge >= 0.3 is 0 Å². The van der Waals surface area contributed by atoms with Crippen molar-refractivity contribution in [2.75, 3.05) is 18.1 Å². The van der Waals surface area contributed by atoms with Gasteiger partial charge in [0.05, 0.1) is 23.3 Å². The minimum absolute atomic E-state index is 0.0813. The van der Waals surface area contributed by atoms with E-state index >= 15 is 0 Å². The van der Waals surface area contributed by atoms with Gasteiger partial charge in [0, 0.05) is 23.9 Å². The van der Waals surface area contributed by atoms with Gasteiger partial charge in [-0.3, -0.25) is 4.79 Å². The van der Waals surface area contributed by atoms with Crippen molar-refractivity contribution in [3.63, 3.8) is 0 Å². The van der Waals surface area contributed by atoms with Crippen molar-refractivity contribution in [1.29, 1.82) is 0 Å². The van der Waals surface area contributed by atoms with Crippen molar-refractivity contribution in [2.24, 2.45) is 0 Å². The van der Waals surface area contributed by atoms with Crippen molar-refractivity contribution in [1.82, 2.24) is 9.55 Å². The number of aryl methyl sites for hydroxylation is 1. The Balaban J connectivity index is 1.38. The highest BCUT2D eigenvalue weighted by Gasteiger charge is 2.36. The zero-order valence-electron chi connectivity index (χ0n) is 19.2. The molecule has 8 heteroatoms. The van der Waals surface area contributed by atoms with Crippen LogP contribution in [0.5, 0.6) is 5.75 Å². The van der Waals surface area contributed by atoms with Crippen LogP contribution in [-0.2, 0) is 11.3 Å². The molecule has 0 unspecified atom stereocenters. The Morgan fingerprint density at radius 3 is 2.74 bits per heavy atom. The van der Waals surface area contributed by atoms with E-state index in [4.69, 9.17) is 21.3 Å². The number of aliphatic hydroxyl groups excluding tert-OH is 1. The summed E-state index contributed by atoms with van der Waals surface area (Å²) in [7, 11) is 0. The number of para-hydroxylation sites is 3. The van der Waals surface area contributed by atoms with Gasteiger partial charge in [0.25, 0.3) is 0 Å². The molecule has 0 radical (unpaired) electrons. The second kappa shape index (κ2) is 9.68. The van der Waals surface area contributed by atoms with Crippen molar-refractivity contribution in [3.05, 3.63) is 89.0 Å². The van der Waals surface area contributed by atoms with E-state index in [1.807, 2.05) is 41.8 Å². The number of hydrogen-bond donors (Lipinski definition) is 1. The number of aliphatic hydroxyl groups is 1. The van der Waals surface area contributed by atoms with Crippen molar-refractivity contribution < 1.29 is 19.0 Å². The Labute approximate surface area is 207 Å². The average Bonchev–Trinajstić information content (AvgIpc) is 3.41. The molecule has 1 aromatic heterocycles. The van der Waals surface area contributed by atoms with Gasteiger partial charge in [-0.25, -0.2) is 9.37 Å². The van der Waals surface area contributed by atoms with Gasteiger partial charge < -0.3 is 19.3 Å². The summed E-state index contributed by atoms with van der Waals surface area (Å²) in [5, 5.41) is 11.5. The number of nitrogens with zero attached hydrogens (tertiary/aromatic N) is 3. The number of ether oxygens (including phenoxy) is 1. The van der Waals surface area contributed by atoms with Crippen LogP contribution in [0.15, 0.2) is 66.7 Å². The summed E-state index contributed by atoms with van der Waals surface area (Å²) in [6, 6.07) is 19.3. The molecule has 0 aliphatic carbocycles. The fourth-order valence-electron chi connectivity index (χ4n) is 4.54. The summed E-state index contributed by atoms with van der Waals surface area (Å²) in [4.78, 5) is 19.1. The molecule has 1 N–H and O–H groups in total. The largest absolute Gasteiger partial charge is 0.491 e. The Morgan fingerprint density at radius 1 is 1.17 bits per heavy atom. The monoisotopic (exact) mass is 493 g/mol. The third kappa shape index (κ3) is 4.74. The van der Waals surface area contributed by atoms with Crippen LogP contribution in [0.1, 0.15) is 23.7 Å². The molecule has 1 amide bonds. The normalized spacial score (nSPS) is 16.7. The molecule has 0 saturated carbocycles. The second-order valence-corrected chi connectivity index (χ2v) is 9.21. The average molecular weight is 494 g/mol. The molecule has 2 atom stereocenters. The first kappa shape index (κ1) is 23.3. The molecule has 0 bridgehead atoms. The minimum atomic E-state index is -0.817. The van der Waals surface area contributed by atoms with E-state index in [0.29, 0.717) is 23.1 Å². The van der Waals surface area contributed by atoms with Gasteiger partial charge in [0.15, 0.2) is 0 Å². The maximum absolute atomic E-state index is 14.4. The number of halogens is 2. The lowest BCUT2D eigenvalue weighted by molar-refractivity contribution is -0.117. The van der Waals surface area contributed by atoms with Gasteiger partial charge in [-0.15, -0.1) is 0 Å². The molecule has 1 aliphatic heterocycles. The summed E-state index contributed by atoms with van der Waals surface area (Å²) >= 11 is 6.08. The molecule has 1 saturated heterocycles. The molecule has 5 rings (SSSR count). The van der Waals surface area contributed by atoms with Gasteiger partial charge in [-0.2, -0.15) is 0 Å². The molecular weight excluding hydrogens is 469 g/mol. The highest BCUT2D eigenvalue weighted by atomic mass is 35.5. The fraction of sp³-hybridized carbons (Fsp3) is 0.259. The lowest BCUT2D eigenvalue weighted by Gasteiger charge is -2.19. The summed E-state index contributed by atoms with van der Waals surface area (Å²) in [5.41, 5.74) is 2.81. The molecule has 35 heavy (non-hydrogen) atoms. The molecule has 4 aromatic rings. The van der Waals surface area contributed by atoms with E-state index in [0.717, 1.165) is 16.6 Å². The third-order valence-corrected chi connectivity index (χ3v) is 6.71. The lowest BCUT2D eigenvalue weighted by Crippen LogP contribution is -2.27. The van der Waals surface area contributed by atoms with Gasteiger partial charge in [-0.05, 0) is 55.0 Å². The Hall–Kier alpha value is -3.42. The lowest BCUT2D eigenvalue weighted by atomic mass is 10.1. The number of anilines is 1. The van der Waals surface area contributed by atoms with Crippen LogP contribution in [0.3, 0.4) is 0 Å². The number of fused-ring (bicyclic) bond motifs is 1. The van der Waals surface area contributed by atoms with E-state index < -0.39 is 11.9 Å². The Bertz CT molecular complexity index is 1390. The number of carbonyl (C=O) groups excluding carboxylic acids is 1. The van der Waals surface area contributed by atoms with Crippen LogP contribution in [0, 0.1) is 12.7 Å². The topological polar surface area (TPSA) is 67.6 Å². The van der Waals surface area contributed by atoms with E-state index in [9.17, 15) is 14.3 Å². The quantitative estimate of drug-likeness (QED) is 0.389. The van der Waals surface area contributed by atoms with Crippen LogP contribution in [0.4, 0.5) is 10.1 Å². The maximum atomic E-state index is 14.4. The number of amides is 1. The van der Waals surface area contributed by atoms with Crippen molar-refractivity contribution >= 4 is 34.2 Å². The smallest absolute Gasteiger partial charge is 0.227 e. The SMILES string of the molecule is Cc1cc(OC[C@H](O)Cn2c([C@@H]3CC(=O)N(c4ccccc4F)C3)nc3ccccc32)ccc1Cl. The molecule has 3 aromatic carbocycles. The van der Waals surface area contributed by atoms with E-state index in [1.165, 1.54) is 11.0 Å². The molecular formula is C27H25ClFN3O3. The van der Waals surface area contributed by atoms with Crippen LogP contribution in [0.25, 0.3) is 11.0 Å². The number of imidazole rings is 1. The summed E-state index contributed by atoms with van der Waals surface area (Å²) in [6.45, 7) is 2.54. The van der Waals surface area contributed by atoms with Crippen molar-refractivity contribution in [3.8, 4) is 5.75 Å². The zero-order chi connectivity index (χ0) is 24.5. The number of aromatic nitrogens is 2. The highest BCUT2D eigenvalue weighted by Crippen LogP contribution is 2.34. The molecule has 180 valence electrons. The van der Waals surface area contributed by atoms with Crippen LogP contribution in [0.2, 0.25) is 5.02 Å². The third-order valence-electron chi connectivity index (χ3n) is 6.28. The van der Waals surface area contributed by atoms with Gasteiger partial charge in [0.1, 0.15) is 30.1 Å². The molecule has 1 fully saturated rings. The molecule has 2 heterocycles. The summed E-state index contributed by atoms with van der Waals surface area (Å²) < 4.78 is 22.1. The highest BCUT2D eigenvalue weighted by molar-refractivity contribution is 6.31. The number of hydrogen-bond acceptors (Lipinski definition) is 4. The first-order valence-corrected chi connectivity index (χ1v) is 11.9. The minimum Gasteiger partial charge on any atom is -0.491 e. The number of carbonyl (C=O) groups is 1. The summed E-state index contributed by atoms with van der Waals surface area (Å²) in [6.07, 6.45) is -0.601. The first-order chi connectivity index (χ1) is 16.9. The summed E-state index contributed by atoms with van der Waals surface area (Å²) in [5.74, 6) is 0.505. The Kier molecular flexibility index (Phi) is 6.45. The van der Waals surface area contributed by atoms with Crippen LogP contribution in [-0.4, -0.2) is 39.8 Å². The maximum Gasteiger partial charge on any atom is 0.227 e. The second-order valence-electron chi connectivity index (χ2n) is 8.80. The van der Waals surface area contributed by atoms with E-state index in [-0.39, 0.29) is 37.1 Å². The Morgan fingerprint density at radius 2 is 1.94 bits per heavy atom. The predicted molar refractivity (Wildman–Crippen MR) is 134 cm³/mol. The molecule has 1 aliphatic rings. The number of rotatable bonds is 7. The fourth-order valence-corrected chi connectivity index (χ4v) is 4.66. The standard InChI is InChI=1S/C27H25ClFN3O3/c1-17-12-20(10-11-21(17)28)35-16-19(33)15-32-25-9-5-3-7-23(25)30-27(32)18-13-26(34)31(14-18)24-8-4-2-6-22(24)29/h2-12,18-19,33H,13-16H2,1H3/t18-,19-/m1/s1. The first-order valence-electron chi connectivity index (χ1n) is 11.5.